The van der Waals surface area contributed by atoms with E-state index in [4.69, 9.17) is 5.11 Å². The molecule has 0 saturated heterocycles. The molecule has 0 saturated carbocycles. The maximum atomic E-state index is 13.0. The Morgan fingerprint density at radius 3 is 2.76 bits per heavy atom. The minimum absolute atomic E-state index is 0.102. The van der Waals surface area contributed by atoms with Gasteiger partial charge < -0.3 is 5.11 Å². The molecular formula is C14H12FN3O2S. The average molecular weight is 305 g/mol. The molecule has 0 fully saturated rings. The predicted octanol–water partition coefficient (Wildman–Crippen LogP) is 3.00. The Labute approximate surface area is 123 Å². The summed E-state index contributed by atoms with van der Waals surface area (Å²) in [5, 5.41) is 18.8. The molecule has 7 heteroatoms. The summed E-state index contributed by atoms with van der Waals surface area (Å²) in [6.45, 7) is 0. The van der Waals surface area contributed by atoms with E-state index in [0.717, 1.165) is 22.0 Å². The van der Waals surface area contributed by atoms with Gasteiger partial charge in [0.2, 0.25) is 4.96 Å². The molecule has 2 heterocycles. The van der Waals surface area contributed by atoms with E-state index in [2.05, 4.69) is 10.2 Å². The number of benzene rings is 1. The van der Waals surface area contributed by atoms with E-state index in [0.29, 0.717) is 12.8 Å². The number of aromatic nitrogens is 3. The Balaban J connectivity index is 1.94. The smallest absolute Gasteiger partial charge is 0.303 e. The van der Waals surface area contributed by atoms with Gasteiger partial charge in [-0.2, -0.15) is 0 Å². The van der Waals surface area contributed by atoms with Crippen LogP contribution in [0.3, 0.4) is 0 Å². The zero-order valence-corrected chi connectivity index (χ0v) is 11.8. The van der Waals surface area contributed by atoms with Crippen molar-refractivity contribution in [3.63, 3.8) is 0 Å². The number of aliphatic carboxylic acids is 1. The maximum Gasteiger partial charge on any atom is 0.303 e. The maximum absolute atomic E-state index is 13.0. The number of carboxylic acid groups (broad SMARTS) is 1. The van der Waals surface area contributed by atoms with Gasteiger partial charge in [-0.05, 0) is 36.2 Å². The van der Waals surface area contributed by atoms with Crippen molar-refractivity contribution in [2.24, 2.45) is 0 Å². The number of hydrogen-bond acceptors (Lipinski definition) is 4. The zero-order chi connectivity index (χ0) is 14.8. The van der Waals surface area contributed by atoms with Crippen molar-refractivity contribution in [1.29, 1.82) is 0 Å². The summed E-state index contributed by atoms with van der Waals surface area (Å²) in [7, 11) is 0. The highest BCUT2D eigenvalue weighted by Crippen LogP contribution is 2.27. The molecule has 1 aromatic carbocycles. The second-order valence-electron chi connectivity index (χ2n) is 4.61. The van der Waals surface area contributed by atoms with Gasteiger partial charge in [-0.3, -0.25) is 9.20 Å². The number of fused-ring (bicyclic) bond motifs is 1. The molecule has 0 atom stereocenters. The molecule has 0 aliphatic rings. The van der Waals surface area contributed by atoms with Crippen LogP contribution in [-0.4, -0.2) is 25.7 Å². The van der Waals surface area contributed by atoms with E-state index in [1.54, 1.807) is 12.1 Å². The van der Waals surface area contributed by atoms with Crippen LogP contribution in [0.5, 0.6) is 0 Å². The standard InChI is InChI=1S/C14H12FN3O2S/c15-10-6-4-9(5-7-10)11-8-21-14-17-16-12(18(11)14)2-1-3-13(19)20/h4-8H,1-3H2,(H,19,20). The molecule has 0 spiro atoms. The Morgan fingerprint density at radius 2 is 2.05 bits per heavy atom. The highest BCUT2D eigenvalue weighted by molar-refractivity contribution is 7.15. The summed E-state index contributed by atoms with van der Waals surface area (Å²) in [5.74, 6) is -0.373. The number of carbonyl (C=O) groups is 1. The molecule has 0 unspecified atom stereocenters. The molecule has 5 nitrogen and oxygen atoms in total. The lowest BCUT2D eigenvalue weighted by molar-refractivity contribution is -0.137. The van der Waals surface area contributed by atoms with Gasteiger partial charge in [0.15, 0.2) is 0 Å². The van der Waals surface area contributed by atoms with Crippen LogP contribution >= 0.6 is 11.3 Å². The van der Waals surface area contributed by atoms with E-state index in [1.807, 2.05) is 9.78 Å². The Kier molecular flexibility index (Phi) is 3.66. The monoisotopic (exact) mass is 305 g/mol. The van der Waals surface area contributed by atoms with Crippen LogP contribution in [0.4, 0.5) is 4.39 Å². The lowest BCUT2D eigenvalue weighted by atomic mass is 10.1. The van der Waals surface area contributed by atoms with Crippen LogP contribution in [0.1, 0.15) is 18.7 Å². The van der Waals surface area contributed by atoms with Gasteiger partial charge in [-0.25, -0.2) is 4.39 Å². The van der Waals surface area contributed by atoms with Crippen LogP contribution in [-0.2, 0) is 11.2 Å². The fourth-order valence-electron chi connectivity index (χ4n) is 2.16. The first-order valence-corrected chi connectivity index (χ1v) is 7.32. The highest BCUT2D eigenvalue weighted by atomic mass is 32.1. The van der Waals surface area contributed by atoms with Gasteiger partial charge in [0.25, 0.3) is 0 Å². The molecule has 21 heavy (non-hydrogen) atoms. The zero-order valence-electron chi connectivity index (χ0n) is 11.0. The summed E-state index contributed by atoms with van der Waals surface area (Å²) >= 11 is 1.45. The molecule has 0 radical (unpaired) electrons. The quantitative estimate of drug-likeness (QED) is 0.787. The van der Waals surface area contributed by atoms with Crippen molar-refractivity contribution >= 4 is 22.3 Å². The molecule has 0 aliphatic heterocycles. The molecule has 0 bridgehead atoms. The number of halogens is 1. The molecule has 0 amide bonds. The summed E-state index contributed by atoms with van der Waals surface area (Å²) in [6, 6.07) is 6.23. The fraction of sp³-hybridized carbons (Fsp3) is 0.214. The lowest BCUT2D eigenvalue weighted by Crippen LogP contribution is -2.00. The van der Waals surface area contributed by atoms with Crippen molar-refractivity contribution in [2.45, 2.75) is 19.3 Å². The topological polar surface area (TPSA) is 67.5 Å². The first-order chi connectivity index (χ1) is 10.1. The van der Waals surface area contributed by atoms with Gasteiger partial charge in [0.05, 0.1) is 5.69 Å². The first-order valence-electron chi connectivity index (χ1n) is 6.44. The summed E-state index contributed by atoms with van der Waals surface area (Å²) in [4.78, 5) is 11.3. The first kappa shape index (κ1) is 13.7. The fourth-order valence-corrected chi connectivity index (χ4v) is 3.01. The molecule has 1 N–H and O–H groups in total. The van der Waals surface area contributed by atoms with Crippen molar-refractivity contribution in [2.75, 3.05) is 0 Å². The second kappa shape index (κ2) is 5.61. The summed E-state index contributed by atoms with van der Waals surface area (Å²) in [6.07, 6.45) is 1.15. The third-order valence-electron chi connectivity index (χ3n) is 3.15. The molecule has 2 aromatic heterocycles. The SMILES string of the molecule is O=C(O)CCCc1nnc2scc(-c3ccc(F)cc3)n12. The van der Waals surface area contributed by atoms with Gasteiger partial charge >= 0.3 is 5.97 Å². The van der Waals surface area contributed by atoms with E-state index in [9.17, 15) is 9.18 Å². The van der Waals surface area contributed by atoms with E-state index >= 15 is 0 Å². The molecular weight excluding hydrogens is 293 g/mol. The van der Waals surface area contributed by atoms with Crippen LogP contribution in [0.15, 0.2) is 29.6 Å². The number of nitrogens with zero attached hydrogens (tertiary/aromatic N) is 3. The number of rotatable bonds is 5. The highest BCUT2D eigenvalue weighted by Gasteiger charge is 2.13. The van der Waals surface area contributed by atoms with Crippen molar-refractivity contribution < 1.29 is 14.3 Å². The Hall–Kier alpha value is -2.28. The van der Waals surface area contributed by atoms with Crippen LogP contribution in [0.25, 0.3) is 16.2 Å². The molecule has 108 valence electrons. The van der Waals surface area contributed by atoms with Gasteiger partial charge in [-0.15, -0.1) is 21.5 Å². The van der Waals surface area contributed by atoms with Crippen molar-refractivity contribution in [1.82, 2.24) is 14.6 Å². The minimum atomic E-state index is -0.820. The molecule has 3 rings (SSSR count). The molecule has 3 aromatic rings. The third-order valence-corrected chi connectivity index (χ3v) is 3.96. The van der Waals surface area contributed by atoms with Crippen LogP contribution in [0.2, 0.25) is 0 Å². The van der Waals surface area contributed by atoms with Gasteiger partial charge in [0, 0.05) is 18.2 Å². The molecule has 0 aliphatic carbocycles. The van der Waals surface area contributed by atoms with Crippen molar-refractivity contribution in [3.8, 4) is 11.3 Å². The Morgan fingerprint density at radius 1 is 1.29 bits per heavy atom. The summed E-state index contributed by atoms with van der Waals surface area (Å²) in [5.41, 5.74) is 1.77. The van der Waals surface area contributed by atoms with E-state index < -0.39 is 5.97 Å². The van der Waals surface area contributed by atoms with Crippen molar-refractivity contribution in [3.05, 3.63) is 41.3 Å². The van der Waals surface area contributed by atoms with Gasteiger partial charge in [0.1, 0.15) is 11.6 Å². The predicted molar refractivity (Wildman–Crippen MR) is 76.8 cm³/mol. The van der Waals surface area contributed by atoms with Gasteiger partial charge in [-0.1, -0.05) is 0 Å². The third kappa shape index (κ3) is 2.78. The Bertz CT molecular complexity index is 779. The van der Waals surface area contributed by atoms with E-state index in [-0.39, 0.29) is 12.2 Å². The average Bonchev–Trinajstić information content (AvgIpc) is 3.02. The minimum Gasteiger partial charge on any atom is -0.481 e. The number of hydrogen-bond donors (Lipinski definition) is 1. The second-order valence-corrected chi connectivity index (χ2v) is 5.45. The largest absolute Gasteiger partial charge is 0.481 e. The summed E-state index contributed by atoms with van der Waals surface area (Å²) < 4.78 is 14.9. The normalized spacial score (nSPS) is 11.1. The van der Waals surface area contributed by atoms with Crippen LogP contribution < -0.4 is 0 Å². The van der Waals surface area contributed by atoms with E-state index in [1.165, 1.54) is 23.5 Å². The number of thiazole rings is 1. The lowest BCUT2D eigenvalue weighted by Gasteiger charge is -2.02. The van der Waals surface area contributed by atoms with Crippen LogP contribution in [0, 0.1) is 5.82 Å². The number of carboxylic acids is 1. The number of aryl methyl sites for hydroxylation is 1.